The Bertz CT molecular complexity index is 1730. The second-order valence-electron chi connectivity index (χ2n) is 10.2. The van der Waals surface area contributed by atoms with Crippen molar-refractivity contribution < 1.29 is 41.0 Å². The summed E-state index contributed by atoms with van der Waals surface area (Å²) in [4.78, 5) is 26.8. The first-order valence-electron chi connectivity index (χ1n) is 12.4. The molecule has 5 heterocycles. The average molecular weight is 576 g/mol. The van der Waals surface area contributed by atoms with Crippen LogP contribution < -0.4 is 15.0 Å². The summed E-state index contributed by atoms with van der Waals surface area (Å²) < 4.78 is 87.6. The van der Waals surface area contributed by atoms with Crippen LogP contribution in [0.15, 0.2) is 42.6 Å². The molecule has 0 radical (unpaired) electrons. The van der Waals surface area contributed by atoms with Crippen LogP contribution >= 0.6 is 0 Å². The average Bonchev–Trinajstić information content (AvgIpc) is 3.36. The minimum absolute atomic E-state index is 0.00362. The van der Waals surface area contributed by atoms with Crippen molar-refractivity contribution in [3.63, 3.8) is 0 Å². The highest BCUT2D eigenvalue weighted by atomic mass is 19.4. The lowest BCUT2D eigenvalue weighted by Crippen LogP contribution is -2.69. The van der Waals surface area contributed by atoms with E-state index in [1.807, 2.05) is 0 Å². The van der Waals surface area contributed by atoms with Crippen molar-refractivity contribution in [2.75, 3.05) is 18.0 Å². The molecule has 15 heteroatoms. The van der Waals surface area contributed by atoms with Gasteiger partial charge in [-0.15, -0.1) is 0 Å². The molecule has 41 heavy (non-hydrogen) atoms. The maximum atomic E-state index is 15.4. The van der Waals surface area contributed by atoms with E-state index in [-0.39, 0.29) is 39.6 Å². The number of fused-ring (bicyclic) bond motifs is 9. The highest BCUT2D eigenvalue weighted by Crippen LogP contribution is 2.48. The van der Waals surface area contributed by atoms with E-state index in [4.69, 9.17) is 4.74 Å². The fourth-order valence-corrected chi connectivity index (χ4v) is 5.79. The Morgan fingerprint density at radius 2 is 1.90 bits per heavy atom. The quantitative estimate of drug-likeness (QED) is 0.352. The molecule has 2 atom stereocenters. The molecule has 2 bridgehead atoms. The van der Waals surface area contributed by atoms with E-state index in [1.165, 1.54) is 42.6 Å². The number of halogens is 6. The summed E-state index contributed by atoms with van der Waals surface area (Å²) in [5.74, 6) is -1.07. The lowest BCUT2D eigenvalue weighted by Gasteiger charge is -2.46. The fraction of sp³-hybridized carbons (Fsp3) is 0.308. The molecule has 2 aromatic carbocycles. The van der Waals surface area contributed by atoms with E-state index in [0.29, 0.717) is 17.8 Å². The molecule has 2 aromatic heterocycles. The number of β-amino-alcohol motifs (C(OH)–C–C–N with tert-alkyl or cyclic N) is 1. The zero-order valence-corrected chi connectivity index (χ0v) is 20.7. The van der Waals surface area contributed by atoms with Crippen molar-refractivity contribution in [3.8, 4) is 17.0 Å². The summed E-state index contributed by atoms with van der Waals surface area (Å²) in [6.45, 7) is -4.67. The van der Waals surface area contributed by atoms with Gasteiger partial charge in [-0.05, 0) is 30.7 Å². The van der Waals surface area contributed by atoms with Gasteiger partial charge in [-0.25, -0.2) is 19.3 Å². The van der Waals surface area contributed by atoms with E-state index >= 15 is 4.39 Å². The molecule has 9 nitrogen and oxygen atoms in total. The number of alkyl halides is 5. The summed E-state index contributed by atoms with van der Waals surface area (Å²) in [5.41, 5.74) is -1.74. The van der Waals surface area contributed by atoms with Gasteiger partial charge in [0.1, 0.15) is 17.4 Å². The van der Waals surface area contributed by atoms with E-state index in [9.17, 15) is 31.9 Å². The van der Waals surface area contributed by atoms with Crippen molar-refractivity contribution in [3.05, 3.63) is 65.4 Å². The van der Waals surface area contributed by atoms with Crippen LogP contribution in [0.4, 0.5) is 32.3 Å². The molecule has 1 fully saturated rings. The Hall–Kier alpha value is -4.40. The second-order valence-corrected chi connectivity index (χ2v) is 10.2. The molecule has 212 valence electrons. The van der Waals surface area contributed by atoms with Gasteiger partial charge in [-0.3, -0.25) is 4.79 Å². The molecule has 0 aliphatic carbocycles. The summed E-state index contributed by atoms with van der Waals surface area (Å²) in [5, 5.41) is 12.6. The van der Waals surface area contributed by atoms with Crippen LogP contribution in [0.5, 0.6) is 5.75 Å². The number of ether oxygens (including phenoxy) is 1. The lowest BCUT2D eigenvalue weighted by atomic mass is 9.94. The van der Waals surface area contributed by atoms with Gasteiger partial charge in [0.2, 0.25) is 5.95 Å². The predicted molar refractivity (Wildman–Crippen MR) is 130 cm³/mol. The van der Waals surface area contributed by atoms with Crippen LogP contribution in [0.2, 0.25) is 0 Å². The van der Waals surface area contributed by atoms with E-state index in [2.05, 4.69) is 20.3 Å². The number of imidazole rings is 1. The van der Waals surface area contributed by atoms with Crippen LogP contribution in [0.3, 0.4) is 0 Å². The van der Waals surface area contributed by atoms with Crippen molar-refractivity contribution in [2.45, 2.75) is 36.9 Å². The highest BCUT2D eigenvalue weighted by molar-refractivity contribution is 5.98. The maximum Gasteiger partial charge on any atom is 0.420 e. The topological polar surface area (TPSA) is 105 Å². The van der Waals surface area contributed by atoms with Crippen LogP contribution in [-0.2, 0) is 0 Å². The van der Waals surface area contributed by atoms with Gasteiger partial charge in [-0.2, -0.15) is 22.0 Å². The van der Waals surface area contributed by atoms with Gasteiger partial charge in [-0.1, -0.05) is 6.07 Å². The molecule has 3 aliphatic rings. The zero-order valence-electron chi connectivity index (χ0n) is 20.7. The third-order valence-corrected chi connectivity index (χ3v) is 7.69. The number of hydrogen-bond donors (Lipinski definition) is 2. The third kappa shape index (κ3) is 3.82. The Morgan fingerprint density at radius 3 is 2.63 bits per heavy atom. The first-order valence-corrected chi connectivity index (χ1v) is 12.4. The van der Waals surface area contributed by atoms with Crippen molar-refractivity contribution >= 4 is 22.9 Å². The number of hydrogen-bond acceptors (Lipinski definition) is 7. The molecule has 0 saturated carbocycles. The summed E-state index contributed by atoms with van der Waals surface area (Å²) >= 11 is 0. The van der Waals surface area contributed by atoms with Crippen LogP contribution in [0.1, 0.15) is 40.3 Å². The van der Waals surface area contributed by atoms with Crippen LogP contribution in [0.25, 0.3) is 22.3 Å². The van der Waals surface area contributed by atoms with Gasteiger partial charge in [0.25, 0.3) is 5.91 Å². The van der Waals surface area contributed by atoms with Crippen LogP contribution in [0, 0.1) is 5.82 Å². The molecular weight excluding hydrogens is 558 g/mol. The Balaban J connectivity index is 1.32. The Labute approximate surface area is 226 Å². The highest BCUT2D eigenvalue weighted by Gasteiger charge is 2.61. The molecule has 1 saturated heterocycles. The van der Waals surface area contributed by atoms with Gasteiger partial charge < -0.3 is 24.6 Å². The first-order chi connectivity index (χ1) is 19.4. The number of carbonyl (C=O) groups is 1. The number of anilines is 1. The van der Waals surface area contributed by atoms with Crippen molar-refractivity contribution in [2.24, 2.45) is 0 Å². The normalized spacial score (nSPS) is 20.9. The third-order valence-electron chi connectivity index (χ3n) is 7.69. The number of aromatic nitrogens is 4. The Kier molecular flexibility index (Phi) is 5.33. The Morgan fingerprint density at radius 1 is 1.12 bits per heavy atom. The number of carbonyl (C=O) groups excluding carboxylic acids is 1. The first kappa shape index (κ1) is 25.6. The molecule has 2 N–H and O–H groups in total. The second kappa shape index (κ2) is 8.55. The van der Waals surface area contributed by atoms with E-state index in [1.54, 1.807) is 4.57 Å². The largest absolute Gasteiger partial charge is 0.434 e. The molecule has 4 aromatic rings. The molecular formula is C26H18F6N6O3. The number of aliphatic hydroxyl groups is 1. The summed E-state index contributed by atoms with van der Waals surface area (Å²) in [6, 6.07) is 7.08. The fourth-order valence-electron chi connectivity index (χ4n) is 5.79. The van der Waals surface area contributed by atoms with Crippen LogP contribution in [-0.4, -0.2) is 62.0 Å². The SMILES string of the molecule is O=C1N[C@@H]2C[C@H](c3c(OC(F)F)cccc31)n1c2nc2cc(F)c(-c3ccnc(N4CC(O)(C(F)(F)F)C4)n3)cc21. The van der Waals surface area contributed by atoms with Gasteiger partial charge >= 0.3 is 12.8 Å². The lowest BCUT2D eigenvalue weighted by molar-refractivity contribution is -0.267. The maximum absolute atomic E-state index is 15.4. The van der Waals surface area contributed by atoms with Gasteiger partial charge in [0.05, 0.1) is 41.9 Å². The smallest absolute Gasteiger partial charge is 0.420 e. The van der Waals surface area contributed by atoms with Gasteiger partial charge in [0.15, 0.2) is 5.60 Å². The van der Waals surface area contributed by atoms with E-state index < -0.39 is 55.3 Å². The zero-order chi connectivity index (χ0) is 28.8. The van der Waals surface area contributed by atoms with Crippen molar-refractivity contribution in [1.29, 1.82) is 0 Å². The molecule has 3 aliphatic heterocycles. The van der Waals surface area contributed by atoms with Gasteiger partial charge in [0, 0.05) is 29.0 Å². The van der Waals surface area contributed by atoms with E-state index in [0.717, 1.165) is 4.90 Å². The number of rotatable bonds is 4. The monoisotopic (exact) mass is 576 g/mol. The number of nitrogens with one attached hydrogen (secondary N) is 1. The standard InChI is InChI=1S/C26H18F6N6O3/c27-13-7-15-17(6-12(13)14-4-5-33-24(36-14)37-9-25(40,10-37)26(30,31)32)38-18-8-16(21(38)34-15)35-22(39)11-2-1-3-19(20(11)18)41-23(28)29/h1-7,16,18,23,40H,8-10H2,(H,35,39)/t16-,18-/m1/s1. The van der Waals surface area contributed by atoms with Crippen molar-refractivity contribution in [1.82, 2.24) is 24.8 Å². The minimum atomic E-state index is -4.82. The summed E-state index contributed by atoms with van der Waals surface area (Å²) in [7, 11) is 0. The molecule has 0 spiro atoms. The number of nitrogens with zero attached hydrogens (tertiary/aromatic N) is 5. The molecule has 1 amide bonds. The minimum Gasteiger partial charge on any atom is -0.434 e. The predicted octanol–water partition coefficient (Wildman–Crippen LogP) is 4.12. The summed E-state index contributed by atoms with van der Waals surface area (Å²) in [6.07, 6.45) is -3.26. The number of benzene rings is 2. The molecule has 7 rings (SSSR count). The number of amides is 1. The molecule has 0 unspecified atom stereocenters.